The molecule has 0 bridgehead atoms. The Morgan fingerprint density at radius 3 is 2.52 bits per heavy atom. The summed E-state index contributed by atoms with van der Waals surface area (Å²) in [7, 11) is 0. The van der Waals surface area contributed by atoms with Crippen molar-refractivity contribution in [3.63, 3.8) is 0 Å². The van der Waals surface area contributed by atoms with Gasteiger partial charge in [0.1, 0.15) is 0 Å². The Balaban J connectivity index is 1.89. The third kappa shape index (κ3) is 3.59. The van der Waals surface area contributed by atoms with Crippen molar-refractivity contribution in [1.82, 2.24) is 5.32 Å². The van der Waals surface area contributed by atoms with Crippen molar-refractivity contribution >= 4 is 47.0 Å². The molecule has 2 aromatic carbocycles. The van der Waals surface area contributed by atoms with Crippen molar-refractivity contribution in [2.75, 3.05) is 4.90 Å². The van der Waals surface area contributed by atoms with Gasteiger partial charge in [-0.25, -0.2) is 9.69 Å². The highest BCUT2D eigenvalue weighted by molar-refractivity contribution is 6.33. The van der Waals surface area contributed by atoms with Crippen LogP contribution in [0.3, 0.4) is 0 Å². The van der Waals surface area contributed by atoms with Gasteiger partial charge in [-0.3, -0.25) is 19.9 Å². The second kappa shape index (κ2) is 6.86. The monoisotopic (exact) mass is 355 g/mol. The summed E-state index contributed by atoms with van der Waals surface area (Å²) in [6, 6.07) is 12.8. The number of urea groups is 1. The normalized spacial score (nSPS) is 17.9. The van der Waals surface area contributed by atoms with Gasteiger partial charge >= 0.3 is 6.03 Å². The zero-order chi connectivity index (χ0) is 18.0. The lowest BCUT2D eigenvalue weighted by Crippen LogP contribution is -2.58. The lowest BCUT2D eigenvalue weighted by molar-refractivity contribution is -0.131. The number of aliphatic imine (C=N–C) groups is 1. The van der Waals surface area contributed by atoms with E-state index in [4.69, 9.17) is 11.6 Å². The van der Waals surface area contributed by atoms with Crippen molar-refractivity contribution in [1.29, 1.82) is 0 Å². The van der Waals surface area contributed by atoms with E-state index >= 15 is 0 Å². The van der Waals surface area contributed by atoms with Gasteiger partial charge in [0.15, 0.2) is 5.92 Å². The zero-order valence-electron chi connectivity index (χ0n) is 13.3. The molecule has 1 N–H and O–H groups in total. The van der Waals surface area contributed by atoms with Crippen LogP contribution in [0, 0.1) is 12.8 Å². The Kier molecular flexibility index (Phi) is 4.63. The SMILES string of the molecule is Cc1ccc(N2C(=O)NC(=O)C(C=Nc3cccc(Cl)c3)C2=O)cc1. The van der Waals surface area contributed by atoms with Gasteiger partial charge in [0.25, 0.3) is 5.91 Å². The third-order valence-electron chi connectivity index (χ3n) is 3.68. The summed E-state index contributed by atoms with van der Waals surface area (Å²) < 4.78 is 0. The van der Waals surface area contributed by atoms with Gasteiger partial charge in [0.05, 0.1) is 11.4 Å². The number of imide groups is 2. The number of nitrogens with one attached hydrogen (secondary N) is 1. The predicted octanol–water partition coefficient (Wildman–Crippen LogP) is 3.25. The summed E-state index contributed by atoms with van der Waals surface area (Å²) in [6.45, 7) is 1.89. The summed E-state index contributed by atoms with van der Waals surface area (Å²) in [6.07, 6.45) is 1.22. The van der Waals surface area contributed by atoms with Crippen molar-refractivity contribution in [3.05, 3.63) is 59.1 Å². The number of hydrogen-bond acceptors (Lipinski definition) is 4. The molecule has 1 saturated heterocycles. The molecule has 1 aliphatic heterocycles. The standard InChI is InChI=1S/C18H14ClN3O3/c1-11-5-7-14(8-6-11)22-17(24)15(16(23)21-18(22)25)10-20-13-4-2-3-12(19)9-13/h2-10,15H,1H3,(H,21,23,25). The maximum Gasteiger partial charge on any atom is 0.335 e. The van der Waals surface area contributed by atoms with Gasteiger partial charge in [-0.05, 0) is 37.3 Å². The fraction of sp³-hybridized carbons (Fsp3) is 0.111. The average molecular weight is 356 g/mol. The van der Waals surface area contributed by atoms with E-state index in [0.29, 0.717) is 16.4 Å². The summed E-state index contributed by atoms with van der Waals surface area (Å²) >= 11 is 5.89. The van der Waals surface area contributed by atoms with Crippen LogP contribution in [0.4, 0.5) is 16.2 Å². The summed E-state index contributed by atoms with van der Waals surface area (Å²) in [5.74, 6) is -2.55. The van der Waals surface area contributed by atoms with Crippen LogP contribution >= 0.6 is 11.6 Å². The fourth-order valence-electron chi connectivity index (χ4n) is 2.38. The molecule has 0 aliphatic carbocycles. The number of aryl methyl sites for hydroxylation is 1. The molecule has 25 heavy (non-hydrogen) atoms. The molecule has 3 rings (SSSR count). The first kappa shape index (κ1) is 16.9. The lowest BCUT2D eigenvalue weighted by atomic mass is 10.1. The van der Waals surface area contributed by atoms with Crippen molar-refractivity contribution in [2.24, 2.45) is 10.9 Å². The number of nitrogens with zero attached hydrogens (tertiary/aromatic N) is 2. The number of amides is 4. The number of barbiturate groups is 1. The van der Waals surface area contributed by atoms with Crippen LogP contribution in [0.25, 0.3) is 0 Å². The lowest BCUT2D eigenvalue weighted by Gasteiger charge is -2.28. The molecule has 1 unspecified atom stereocenters. The quantitative estimate of drug-likeness (QED) is 0.678. The molecule has 1 fully saturated rings. The second-order valence-electron chi connectivity index (χ2n) is 5.54. The van der Waals surface area contributed by atoms with Crippen LogP contribution in [0.1, 0.15) is 5.56 Å². The molecule has 4 amide bonds. The van der Waals surface area contributed by atoms with Crippen LogP contribution in [-0.2, 0) is 9.59 Å². The van der Waals surface area contributed by atoms with Crippen molar-refractivity contribution in [3.8, 4) is 0 Å². The van der Waals surface area contributed by atoms with Crippen molar-refractivity contribution < 1.29 is 14.4 Å². The maximum atomic E-state index is 12.6. The van der Waals surface area contributed by atoms with E-state index in [9.17, 15) is 14.4 Å². The van der Waals surface area contributed by atoms with Crippen molar-refractivity contribution in [2.45, 2.75) is 6.92 Å². The van der Waals surface area contributed by atoms with Gasteiger partial charge < -0.3 is 0 Å². The summed E-state index contributed by atoms with van der Waals surface area (Å²) in [4.78, 5) is 41.8. The van der Waals surface area contributed by atoms with Gasteiger partial charge in [-0.15, -0.1) is 0 Å². The highest BCUT2D eigenvalue weighted by atomic mass is 35.5. The van der Waals surface area contributed by atoms with E-state index in [0.717, 1.165) is 10.5 Å². The average Bonchev–Trinajstić information content (AvgIpc) is 2.56. The van der Waals surface area contributed by atoms with E-state index in [1.165, 1.54) is 6.21 Å². The summed E-state index contributed by atoms with van der Waals surface area (Å²) in [5, 5.41) is 2.67. The van der Waals surface area contributed by atoms with Crippen LogP contribution in [0.15, 0.2) is 53.5 Å². The van der Waals surface area contributed by atoms with Crippen LogP contribution in [0.2, 0.25) is 5.02 Å². The molecule has 2 aromatic rings. The van der Waals surface area contributed by atoms with E-state index in [1.54, 1.807) is 48.5 Å². The van der Waals surface area contributed by atoms with E-state index < -0.39 is 23.8 Å². The molecule has 6 nitrogen and oxygen atoms in total. The Labute approximate surface area is 149 Å². The van der Waals surface area contributed by atoms with Gasteiger partial charge in [-0.2, -0.15) is 0 Å². The number of rotatable bonds is 3. The highest BCUT2D eigenvalue weighted by Gasteiger charge is 2.40. The molecule has 0 saturated carbocycles. The molecule has 1 aliphatic rings. The largest absolute Gasteiger partial charge is 0.335 e. The molecular weight excluding hydrogens is 342 g/mol. The van der Waals surface area contributed by atoms with Gasteiger partial charge in [0, 0.05) is 11.2 Å². The Bertz CT molecular complexity index is 877. The minimum absolute atomic E-state index is 0.391. The molecular formula is C18H14ClN3O3. The van der Waals surface area contributed by atoms with Crippen LogP contribution < -0.4 is 10.2 Å². The topological polar surface area (TPSA) is 78.8 Å². The predicted molar refractivity (Wildman–Crippen MR) is 95.3 cm³/mol. The van der Waals surface area contributed by atoms with E-state index in [-0.39, 0.29) is 0 Å². The number of benzene rings is 2. The van der Waals surface area contributed by atoms with Crippen LogP contribution in [-0.4, -0.2) is 24.1 Å². The molecule has 126 valence electrons. The Morgan fingerprint density at radius 1 is 1.12 bits per heavy atom. The molecule has 1 heterocycles. The van der Waals surface area contributed by atoms with E-state index in [1.807, 2.05) is 6.92 Å². The number of carbonyl (C=O) groups is 3. The van der Waals surface area contributed by atoms with E-state index in [2.05, 4.69) is 10.3 Å². The molecule has 1 atom stereocenters. The first-order valence-electron chi connectivity index (χ1n) is 7.51. The number of carbonyl (C=O) groups excluding carboxylic acids is 3. The minimum atomic E-state index is -1.20. The molecule has 0 radical (unpaired) electrons. The fourth-order valence-corrected chi connectivity index (χ4v) is 2.56. The molecule has 0 aromatic heterocycles. The van der Waals surface area contributed by atoms with Crippen LogP contribution in [0.5, 0.6) is 0 Å². The second-order valence-corrected chi connectivity index (χ2v) is 5.98. The maximum absolute atomic E-state index is 12.6. The Morgan fingerprint density at radius 2 is 1.84 bits per heavy atom. The van der Waals surface area contributed by atoms with Gasteiger partial charge in [-0.1, -0.05) is 35.4 Å². The Hall–Kier alpha value is -2.99. The van der Waals surface area contributed by atoms with Gasteiger partial charge in [0.2, 0.25) is 5.91 Å². The third-order valence-corrected chi connectivity index (χ3v) is 3.91. The molecule has 0 spiro atoms. The minimum Gasteiger partial charge on any atom is -0.276 e. The number of halogens is 1. The summed E-state index contributed by atoms with van der Waals surface area (Å²) in [5.41, 5.74) is 1.89. The molecule has 7 heteroatoms. The zero-order valence-corrected chi connectivity index (χ0v) is 14.0. The number of hydrogen-bond donors (Lipinski definition) is 1. The smallest absolute Gasteiger partial charge is 0.276 e. The highest BCUT2D eigenvalue weighted by Crippen LogP contribution is 2.22. The first-order chi connectivity index (χ1) is 12.0. The first-order valence-corrected chi connectivity index (χ1v) is 7.89. The number of anilines is 1.